The van der Waals surface area contributed by atoms with Crippen molar-refractivity contribution in [3.05, 3.63) is 34.9 Å². The van der Waals surface area contributed by atoms with Crippen LogP contribution in [0.2, 0.25) is 0 Å². The van der Waals surface area contributed by atoms with Crippen molar-refractivity contribution in [2.24, 2.45) is 16.3 Å². The lowest BCUT2D eigenvalue weighted by atomic mass is 9.95. The van der Waals surface area contributed by atoms with Gasteiger partial charge in [-0.05, 0) is 24.1 Å². The van der Waals surface area contributed by atoms with Gasteiger partial charge in [-0.1, -0.05) is 31.1 Å². The van der Waals surface area contributed by atoms with Gasteiger partial charge < -0.3 is 21.4 Å². The van der Waals surface area contributed by atoms with E-state index in [1.54, 1.807) is 0 Å². The van der Waals surface area contributed by atoms with E-state index in [9.17, 15) is 5.11 Å². The highest BCUT2D eigenvalue weighted by molar-refractivity contribution is 5.97. The molecule has 19 heavy (non-hydrogen) atoms. The SMILES string of the molecule is Cc1cc(/C(N)=N/O)ccc1CNCC(C)(C)CO. The fraction of sp³-hybridized carbons (Fsp3) is 0.500. The Hall–Kier alpha value is -1.59. The fourth-order valence-electron chi connectivity index (χ4n) is 1.70. The number of rotatable bonds is 6. The molecule has 1 aromatic rings. The number of nitrogens with two attached hydrogens (primary N) is 1. The standard InChI is InChI=1S/C14H23N3O2/c1-10-6-11(13(15)17-19)4-5-12(10)7-16-8-14(2,3)9-18/h4-6,16,18-19H,7-9H2,1-3H3,(H2,15,17). The van der Waals surface area contributed by atoms with Crippen molar-refractivity contribution in [1.29, 1.82) is 0 Å². The highest BCUT2D eigenvalue weighted by Crippen LogP contribution is 2.14. The van der Waals surface area contributed by atoms with E-state index in [0.29, 0.717) is 5.56 Å². The molecule has 0 amide bonds. The molecule has 0 aromatic heterocycles. The number of nitrogens with one attached hydrogen (secondary N) is 1. The smallest absolute Gasteiger partial charge is 0.170 e. The summed E-state index contributed by atoms with van der Waals surface area (Å²) in [5, 5.41) is 24.1. The summed E-state index contributed by atoms with van der Waals surface area (Å²) in [4.78, 5) is 0. The average molecular weight is 265 g/mol. The third-order valence-corrected chi connectivity index (χ3v) is 3.09. The topological polar surface area (TPSA) is 90.9 Å². The minimum atomic E-state index is -0.123. The van der Waals surface area contributed by atoms with Crippen molar-refractivity contribution in [3.63, 3.8) is 0 Å². The number of aryl methyl sites for hydroxylation is 1. The van der Waals surface area contributed by atoms with Gasteiger partial charge >= 0.3 is 0 Å². The van der Waals surface area contributed by atoms with Crippen molar-refractivity contribution < 1.29 is 10.3 Å². The first kappa shape index (κ1) is 15.5. The van der Waals surface area contributed by atoms with Gasteiger partial charge in [0, 0.05) is 30.7 Å². The van der Waals surface area contributed by atoms with Crippen LogP contribution in [0.5, 0.6) is 0 Å². The Labute approximate surface area is 114 Å². The Morgan fingerprint density at radius 3 is 2.63 bits per heavy atom. The molecule has 5 nitrogen and oxygen atoms in total. The summed E-state index contributed by atoms with van der Waals surface area (Å²) in [6, 6.07) is 5.68. The Bertz CT molecular complexity index is 456. The van der Waals surface area contributed by atoms with Crippen LogP contribution in [-0.4, -0.2) is 29.3 Å². The second-order valence-corrected chi connectivity index (χ2v) is 5.55. The maximum atomic E-state index is 9.18. The molecule has 0 aliphatic heterocycles. The van der Waals surface area contributed by atoms with Gasteiger partial charge in [0.25, 0.3) is 0 Å². The molecule has 1 rings (SSSR count). The third-order valence-electron chi connectivity index (χ3n) is 3.09. The van der Waals surface area contributed by atoms with Gasteiger partial charge in [-0.25, -0.2) is 0 Å². The molecule has 0 aliphatic carbocycles. The highest BCUT2D eigenvalue weighted by atomic mass is 16.4. The van der Waals surface area contributed by atoms with Crippen LogP contribution in [0.3, 0.4) is 0 Å². The summed E-state index contributed by atoms with van der Waals surface area (Å²) in [6.07, 6.45) is 0. The molecule has 1 aromatic carbocycles. The van der Waals surface area contributed by atoms with E-state index < -0.39 is 0 Å². The lowest BCUT2D eigenvalue weighted by Gasteiger charge is -2.22. The normalized spacial score (nSPS) is 12.7. The molecule has 5 N–H and O–H groups in total. The van der Waals surface area contributed by atoms with E-state index >= 15 is 0 Å². The quantitative estimate of drug-likeness (QED) is 0.269. The molecule has 0 spiro atoms. The zero-order valence-corrected chi connectivity index (χ0v) is 11.8. The number of hydrogen-bond donors (Lipinski definition) is 4. The van der Waals surface area contributed by atoms with Crippen molar-refractivity contribution in [2.45, 2.75) is 27.3 Å². The number of aliphatic hydroxyl groups is 1. The summed E-state index contributed by atoms with van der Waals surface area (Å²) in [5.74, 6) is 0.115. The van der Waals surface area contributed by atoms with E-state index in [2.05, 4.69) is 10.5 Å². The van der Waals surface area contributed by atoms with Crippen molar-refractivity contribution in [1.82, 2.24) is 5.32 Å². The van der Waals surface area contributed by atoms with Crippen LogP contribution in [0, 0.1) is 12.3 Å². The predicted molar refractivity (Wildman–Crippen MR) is 76.3 cm³/mol. The number of oxime groups is 1. The van der Waals surface area contributed by atoms with Gasteiger partial charge in [0.15, 0.2) is 5.84 Å². The van der Waals surface area contributed by atoms with Crippen LogP contribution in [-0.2, 0) is 6.54 Å². The van der Waals surface area contributed by atoms with E-state index in [1.807, 2.05) is 39.0 Å². The van der Waals surface area contributed by atoms with Gasteiger partial charge in [-0.15, -0.1) is 0 Å². The molecule has 106 valence electrons. The number of benzene rings is 1. The van der Waals surface area contributed by atoms with Crippen LogP contribution in [0.25, 0.3) is 0 Å². The largest absolute Gasteiger partial charge is 0.409 e. The zero-order valence-electron chi connectivity index (χ0n) is 11.8. The van der Waals surface area contributed by atoms with Crippen LogP contribution >= 0.6 is 0 Å². The first-order valence-corrected chi connectivity index (χ1v) is 6.28. The second kappa shape index (κ2) is 6.54. The Morgan fingerprint density at radius 1 is 1.42 bits per heavy atom. The number of aliphatic hydroxyl groups excluding tert-OH is 1. The van der Waals surface area contributed by atoms with Gasteiger partial charge in [0.05, 0.1) is 0 Å². The van der Waals surface area contributed by atoms with Crippen LogP contribution in [0.4, 0.5) is 0 Å². The van der Waals surface area contributed by atoms with Crippen LogP contribution in [0.1, 0.15) is 30.5 Å². The first-order chi connectivity index (χ1) is 8.89. The number of amidine groups is 1. The first-order valence-electron chi connectivity index (χ1n) is 6.28. The lowest BCUT2D eigenvalue weighted by Crippen LogP contribution is -2.32. The maximum absolute atomic E-state index is 9.18. The van der Waals surface area contributed by atoms with Crippen molar-refractivity contribution in [2.75, 3.05) is 13.2 Å². The summed E-state index contributed by atoms with van der Waals surface area (Å²) in [5.41, 5.74) is 8.37. The molecular weight excluding hydrogens is 242 g/mol. The molecule has 0 unspecified atom stereocenters. The summed E-state index contributed by atoms with van der Waals surface area (Å²) in [7, 11) is 0. The third kappa shape index (κ3) is 4.54. The van der Waals surface area contributed by atoms with Gasteiger partial charge in [-0.3, -0.25) is 0 Å². The summed E-state index contributed by atoms with van der Waals surface area (Å²) in [6.45, 7) is 7.63. The zero-order chi connectivity index (χ0) is 14.5. The summed E-state index contributed by atoms with van der Waals surface area (Å²) >= 11 is 0. The Balaban J connectivity index is 2.66. The molecule has 5 heteroatoms. The van der Waals surface area contributed by atoms with Gasteiger partial charge in [-0.2, -0.15) is 0 Å². The second-order valence-electron chi connectivity index (χ2n) is 5.55. The maximum Gasteiger partial charge on any atom is 0.170 e. The van der Waals surface area contributed by atoms with Gasteiger partial charge in [0.1, 0.15) is 0 Å². The van der Waals surface area contributed by atoms with Crippen LogP contribution < -0.4 is 11.1 Å². The Kier molecular flexibility index (Phi) is 5.32. The Morgan fingerprint density at radius 2 is 2.11 bits per heavy atom. The molecule has 0 saturated carbocycles. The molecule has 0 bridgehead atoms. The van der Waals surface area contributed by atoms with E-state index in [1.165, 1.54) is 0 Å². The lowest BCUT2D eigenvalue weighted by molar-refractivity contribution is 0.156. The highest BCUT2D eigenvalue weighted by Gasteiger charge is 2.15. The van der Waals surface area contributed by atoms with E-state index in [0.717, 1.165) is 24.2 Å². The van der Waals surface area contributed by atoms with E-state index in [4.69, 9.17) is 10.9 Å². The summed E-state index contributed by atoms with van der Waals surface area (Å²) < 4.78 is 0. The molecule has 0 atom stereocenters. The van der Waals surface area contributed by atoms with E-state index in [-0.39, 0.29) is 17.9 Å². The molecule has 0 aliphatic rings. The molecule has 0 saturated heterocycles. The average Bonchev–Trinajstić information content (AvgIpc) is 2.39. The minimum Gasteiger partial charge on any atom is -0.409 e. The molecule has 0 fully saturated rings. The number of nitrogens with zero attached hydrogens (tertiary/aromatic N) is 1. The number of hydrogen-bond acceptors (Lipinski definition) is 4. The van der Waals surface area contributed by atoms with Gasteiger partial charge in [0.2, 0.25) is 0 Å². The fourth-order valence-corrected chi connectivity index (χ4v) is 1.70. The van der Waals surface area contributed by atoms with Crippen LogP contribution in [0.15, 0.2) is 23.4 Å². The van der Waals surface area contributed by atoms with Crippen molar-refractivity contribution in [3.8, 4) is 0 Å². The minimum absolute atomic E-state index is 0.115. The monoisotopic (exact) mass is 265 g/mol. The molecular formula is C14H23N3O2. The predicted octanol–water partition coefficient (Wildman–Crippen LogP) is 1.20. The molecule has 0 radical (unpaired) electrons. The van der Waals surface area contributed by atoms with Crippen molar-refractivity contribution >= 4 is 5.84 Å². The molecule has 0 heterocycles.